The smallest absolute Gasteiger partial charge is 0.129 e. The molecule has 0 unspecified atom stereocenters. The first kappa shape index (κ1) is 14.5. The zero-order valence-electron chi connectivity index (χ0n) is 10.4. The van der Waals surface area contributed by atoms with Gasteiger partial charge < -0.3 is 11.1 Å². The lowest BCUT2D eigenvalue weighted by atomic mass is 10.1. The largest absolute Gasteiger partial charge is 0.389 e. The molecule has 106 valence electrons. The number of aromatic nitrogens is 2. The van der Waals surface area contributed by atoms with Crippen molar-refractivity contribution in [3.63, 3.8) is 0 Å². The average Bonchev–Trinajstić information content (AvgIpc) is 2.90. The highest BCUT2D eigenvalue weighted by atomic mass is 35.5. The van der Waals surface area contributed by atoms with Crippen molar-refractivity contribution in [2.45, 2.75) is 0 Å². The third kappa shape index (κ3) is 2.80. The van der Waals surface area contributed by atoms with Gasteiger partial charge in [-0.15, -0.1) is 0 Å². The molecule has 4 nitrogen and oxygen atoms in total. The van der Waals surface area contributed by atoms with Crippen molar-refractivity contribution in [1.82, 2.24) is 8.75 Å². The van der Waals surface area contributed by atoms with Crippen molar-refractivity contribution in [2.24, 2.45) is 5.73 Å². The monoisotopic (exact) mass is 354 g/mol. The van der Waals surface area contributed by atoms with Gasteiger partial charge in [-0.1, -0.05) is 35.4 Å². The number of rotatable bonds is 3. The van der Waals surface area contributed by atoms with Gasteiger partial charge in [-0.3, -0.25) is 0 Å². The fraction of sp³-hybridized carbons (Fsp3) is 0. The summed E-state index contributed by atoms with van der Waals surface area (Å²) in [4.78, 5) is 0.272. The van der Waals surface area contributed by atoms with Gasteiger partial charge in [0.1, 0.15) is 16.0 Å². The highest BCUT2D eigenvalue weighted by Gasteiger charge is 2.13. The maximum absolute atomic E-state index is 6.26. The predicted octanol–water partition coefficient (Wildman–Crippen LogP) is 4.38. The highest BCUT2D eigenvalue weighted by molar-refractivity contribution is 7.80. The summed E-state index contributed by atoms with van der Waals surface area (Å²) in [6.45, 7) is 0. The van der Waals surface area contributed by atoms with Crippen molar-refractivity contribution in [3.05, 3.63) is 45.9 Å². The summed E-state index contributed by atoms with van der Waals surface area (Å²) in [6.07, 6.45) is 0. The molecule has 0 aliphatic rings. The van der Waals surface area contributed by atoms with Gasteiger partial charge in [-0.05, 0) is 30.3 Å². The summed E-state index contributed by atoms with van der Waals surface area (Å²) < 4.78 is 8.45. The summed E-state index contributed by atoms with van der Waals surface area (Å²) in [5.41, 5.74) is 9.22. The van der Waals surface area contributed by atoms with Gasteiger partial charge in [0.25, 0.3) is 0 Å². The number of hydrogen-bond donors (Lipinski definition) is 2. The lowest BCUT2D eigenvalue weighted by Crippen LogP contribution is -2.12. The normalized spacial score (nSPS) is 10.8. The molecular formula is C13H8Cl2N4S2. The first-order valence-corrected chi connectivity index (χ1v) is 7.73. The Bertz CT molecular complexity index is 847. The number of nitrogens with zero attached hydrogens (tertiary/aromatic N) is 2. The summed E-state index contributed by atoms with van der Waals surface area (Å²) in [5.74, 6) is 0. The van der Waals surface area contributed by atoms with Crippen LogP contribution in [0.1, 0.15) is 5.56 Å². The number of halogens is 2. The molecule has 0 saturated heterocycles. The molecule has 1 heterocycles. The van der Waals surface area contributed by atoms with Crippen LogP contribution in [0.4, 0.5) is 11.4 Å². The molecule has 0 radical (unpaired) electrons. The fourth-order valence-electron chi connectivity index (χ4n) is 1.92. The quantitative estimate of drug-likeness (QED) is 0.683. The minimum atomic E-state index is 0.272. The molecule has 0 amide bonds. The van der Waals surface area contributed by atoms with Gasteiger partial charge in [0.2, 0.25) is 0 Å². The van der Waals surface area contributed by atoms with E-state index in [2.05, 4.69) is 14.1 Å². The lowest BCUT2D eigenvalue weighted by molar-refractivity contribution is 1.52. The van der Waals surface area contributed by atoms with Crippen LogP contribution < -0.4 is 11.1 Å². The Morgan fingerprint density at radius 3 is 2.76 bits per heavy atom. The van der Waals surface area contributed by atoms with Crippen LogP contribution in [-0.2, 0) is 0 Å². The lowest BCUT2D eigenvalue weighted by Gasteiger charge is -2.13. The first-order chi connectivity index (χ1) is 10.1. The van der Waals surface area contributed by atoms with E-state index in [1.807, 2.05) is 6.07 Å². The van der Waals surface area contributed by atoms with Gasteiger partial charge in [-0.25, -0.2) is 0 Å². The topological polar surface area (TPSA) is 63.8 Å². The molecule has 3 aromatic rings. The number of anilines is 2. The molecule has 2 aromatic carbocycles. The zero-order valence-corrected chi connectivity index (χ0v) is 13.6. The second-order valence-electron chi connectivity index (χ2n) is 4.23. The number of fused-ring (bicyclic) bond motifs is 1. The van der Waals surface area contributed by atoms with Crippen LogP contribution in [0, 0.1) is 0 Å². The van der Waals surface area contributed by atoms with Crippen LogP contribution >= 0.6 is 47.1 Å². The van der Waals surface area contributed by atoms with E-state index in [9.17, 15) is 0 Å². The third-order valence-corrected chi connectivity index (χ3v) is 4.20. The molecule has 21 heavy (non-hydrogen) atoms. The van der Waals surface area contributed by atoms with Crippen LogP contribution in [0.3, 0.4) is 0 Å². The minimum Gasteiger partial charge on any atom is -0.389 e. The van der Waals surface area contributed by atoms with E-state index in [1.165, 1.54) is 0 Å². The third-order valence-electron chi connectivity index (χ3n) is 2.88. The van der Waals surface area contributed by atoms with Gasteiger partial charge in [-0.2, -0.15) is 8.75 Å². The highest BCUT2D eigenvalue weighted by Crippen LogP contribution is 2.34. The van der Waals surface area contributed by atoms with Crippen molar-refractivity contribution >= 4 is 74.5 Å². The number of nitrogens with one attached hydrogen (secondary N) is 1. The molecule has 0 spiro atoms. The van der Waals surface area contributed by atoms with Gasteiger partial charge in [0.15, 0.2) is 0 Å². The maximum atomic E-state index is 6.26. The fourth-order valence-corrected chi connectivity index (χ4v) is 3.01. The van der Waals surface area contributed by atoms with E-state index in [-0.39, 0.29) is 4.99 Å². The van der Waals surface area contributed by atoms with E-state index >= 15 is 0 Å². The van der Waals surface area contributed by atoms with E-state index in [4.69, 9.17) is 41.2 Å². The second kappa shape index (κ2) is 5.73. The van der Waals surface area contributed by atoms with Crippen LogP contribution in [0.2, 0.25) is 10.0 Å². The zero-order chi connectivity index (χ0) is 15.0. The van der Waals surface area contributed by atoms with Crippen molar-refractivity contribution < 1.29 is 0 Å². The van der Waals surface area contributed by atoms with Crippen molar-refractivity contribution in [3.8, 4) is 0 Å². The number of benzene rings is 2. The molecule has 3 rings (SSSR count). The van der Waals surface area contributed by atoms with Gasteiger partial charge in [0.05, 0.1) is 28.1 Å². The standard InChI is InChI=1S/C13H8Cl2N4S2/c14-6-1-2-7(13(16)20)10(5-6)17-11-8(15)3-4-9-12(11)19-21-18-9/h1-5,17H,(H2,16,20). The molecule has 0 bridgehead atoms. The van der Waals surface area contributed by atoms with Crippen molar-refractivity contribution in [1.29, 1.82) is 0 Å². The van der Waals surface area contributed by atoms with Crippen molar-refractivity contribution in [2.75, 3.05) is 5.32 Å². The Kier molecular flexibility index (Phi) is 3.95. The Morgan fingerprint density at radius 1 is 1.19 bits per heavy atom. The molecule has 1 aromatic heterocycles. The molecule has 3 N–H and O–H groups in total. The summed E-state index contributed by atoms with van der Waals surface area (Å²) in [7, 11) is 0. The van der Waals surface area contributed by atoms with Crippen LogP contribution in [0.15, 0.2) is 30.3 Å². The first-order valence-electron chi connectivity index (χ1n) is 5.83. The Morgan fingerprint density at radius 2 is 2.00 bits per heavy atom. The van der Waals surface area contributed by atoms with Gasteiger partial charge in [0, 0.05) is 10.6 Å². The molecule has 0 atom stereocenters. The van der Waals surface area contributed by atoms with E-state index in [0.717, 1.165) is 17.2 Å². The number of hydrogen-bond acceptors (Lipinski definition) is 5. The summed E-state index contributed by atoms with van der Waals surface area (Å²) in [6, 6.07) is 8.82. The molecule has 0 aliphatic carbocycles. The average molecular weight is 355 g/mol. The minimum absolute atomic E-state index is 0.272. The van der Waals surface area contributed by atoms with E-state index in [1.54, 1.807) is 24.3 Å². The van der Waals surface area contributed by atoms with E-state index in [0.29, 0.717) is 32.5 Å². The molecule has 0 aliphatic heterocycles. The Hall–Kier alpha value is -1.47. The molecule has 0 saturated carbocycles. The molecule has 8 heteroatoms. The SMILES string of the molecule is NC(=S)c1ccc(Cl)cc1Nc1c(Cl)ccc2nsnc12. The number of nitrogens with two attached hydrogens (primary N) is 1. The number of thiocarbonyl (C=S) groups is 1. The molecule has 0 fully saturated rings. The maximum Gasteiger partial charge on any atom is 0.129 e. The van der Waals surface area contributed by atoms with Crippen LogP contribution in [-0.4, -0.2) is 13.7 Å². The predicted molar refractivity (Wildman–Crippen MR) is 93.0 cm³/mol. The summed E-state index contributed by atoms with van der Waals surface area (Å²) in [5, 5.41) is 4.31. The summed E-state index contributed by atoms with van der Waals surface area (Å²) >= 11 is 18.5. The molecular weight excluding hydrogens is 347 g/mol. The van der Waals surface area contributed by atoms with Crippen LogP contribution in [0.5, 0.6) is 0 Å². The Labute approximate surface area is 140 Å². The van der Waals surface area contributed by atoms with Crippen LogP contribution in [0.25, 0.3) is 11.0 Å². The second-order valence-corrected chi connectivity index (χ2v) is 6.05. The Balaban J connectivity index is 2.14. The van der Waals surface area contributed by atoms with Gasteiger partial charge >= 0.3 is 0 Å². The van der Waals surface area contributed by atoms with E-state index < -0.39 is 0 Å².